The summed E-state index contributed by atoms with van der Waals surface area (Å²) in [5.41, 5.74) is -1.78. The molecule has 0 aliphatic carbocycles. The van der Waals surface area contributed by atoms with Crippen LogP contribution >= 0.6 is 0 Å². The molecule has 1 heterocycles. The van der Waals surface area contributed by atoms with Gasteiger partial charge in [0, 0.05) is 6.08 Å². The summed E-state index contributed by atoms with van der Waals surface area (Å²) in [5.74, 6) is -1.20. The molecule has 0 saturated heterocycles. The normalized spacial score (nSPS) is 13.9. The smallest absolute Gasteiger partial charge is 0.348 e. The van der Waals surface area contributed by atoms with Gasteiger partial charge in [0.25, 0.3) is 5.91 Å². The molecule has 0 bridgehead atoms. The van der Waals surface area contributed by atoms with Gasteiger partial charge in [-0.05, 0) is 12.1 Å². The fraction of sp³-hybridized carbons (Fsp3) is 0.0588. The van der Waals surface area contributed by atoms with Crippen molar-refractivity contribution in [2.24, 2.45) is 9.98 Å². The van der Waals surface area contributed by atoms with Crippen molar-refractivity contribution in [3.05, 3.63) is 84.7 Å². The summed E-state index contributed by atoms with van der Waals surface area (Å²) in [7, 11) is 1.38. The summed E-state index contributed by atoms with van der Waals surface area (Å²) >= 11 is 0. The maximum atomic E-state index is 12.5. The largest absolute Gasteiger partial charge is 0.496 e. The van der Waals surface area contributed by atoms with Gasteiger partial charge in [0.05, 0.1) is 40.0 Å². The van der Waals surface area contributed by atoms with Crippen LogP contribution in [0.15, 0.2) is 58.2 Å². The van der Waals surface area contributed by atoms with Crippen LogP contribution in [0.4, 0.5) is 11.4 Å². The Labute approximate surface area is 155 Å². The van der Waals surface area contributed by atoms with Crippen LogP contribution in [0.3, 0.4) is 0 Å². The van der Waals surface area contributed by atoms with Crippen molar-refractivity contribution in [3.63, 3.8) is 0 Å². The highest BCUT2D eigenvalue weighted by Crippen LogP contribution is 2.23. The van der Waals surface area contributed by atoms with Crippen molar-refractivity contribution in [2.75, 3.05) is 7.11 Å². The molecular formula is C17H10N4O7. The SMILES string of the molecule is COc1ccccc1C(=O)/C=C1\N=c2cc([N+](=O)[O-])c([N+](=O)[O-])cc2=NC1=O. The van der Waals surface area contributed by atoms with E-state index >= 15 is 0 Å². The van der Waals surface area contributed by atoms with Gasteiger partial charge in [0.15, 0.2) is 5.78 Å². The Kier molecular flexibility index (Phi) is 4.73. The third-order valence-corrected chi connectivity index (χ3v) is 3.79. The molecule has 140 valence electrons. The van der Waals surface area contributed by atoms with E-state index in [4.69, 9.17) is 4.74 Å². The number of para-hydroxylation sites is 1. The average molecular weight is 382 g/mol. The van der Waals surface area contributed by atoms with Gasteiger partial charge in [0.2, 0.25) is 0 Å². The molecule has 0 radical (unpaired) electrons. The zero-order chi connectivity index (χ0) is 20.4. The zero-order valence-electron chi connectivity index (χ0n) is 14.2. The summed E-state index contributed by atoms with van der Waals surface area (Å²) in [6, 6.07) is 7.96. The average Bonchev–Trinajstić information content (AvgIpc) is 2.67. The lowest BCUT2D eigenvalue weighted by Crippen LogP contribution is -2.32. The van der Waals surface area contributed by atoms with Crippen LogP contribution in [0.25, 0.3) is 0 Å². The van der Waals surface area contributed by atoms with E-state index < -0.39 is 32.9 Å². The number of nitro benzene ring substituents is 2. The van der Waals surface area contributed by atoms with Gasteiger partial charge in [0.1, 0.15) is 16.8 Å². The van der Waals surface area contributed by atoms with Gasteiger partial charge in [-0.2, -0.15) is 0 Å². The molecule has 0 unspecified atom stereocenters. The van der Waals surface area contributed by atoms with E-state index in [9.17, 15) is 29.8 Å². The van der Waals surface area contributed by atoms with Gasteiger partial charge in [-0.15, -0.1) is 0 Å². The number of carbonyl (C=O) groups excluding carboxylic acids is 2. The first-order valence-electron chi connectivity index (χ1n) is 7.65. The number of hydrogen-bond acceptors (Lipinski definition) is 8. The fourth-order valence-corrected chi connectivity index (χ4v) is 2.51. The monoisotopic (exact) mass is 382 g/mol. The Morgan fingerprint density at radius 2 is 1.61 bits per heavy atom. The third-order valence-electron chi connectivity index (χ3n) is 3.79. The molecule has 0 N–H and O–H groups in total. The molecule has 1 aliphatic heterocycles. The molecular weight excluding hydrogens is 372 g/mol. The van der Waals surface area contributed by atoms with E-state index in [1.807, 2.05) is 0 Å². The van der Waals surface area contributed by atoms with E-state index in [2.05, 4.69) is 9.98 Å². The molecule has 2 aromatic carbocycles. The van der Waals surface area contributed by atoms with Crippen LogP contribution in [-0.2, 0) is 4.79 Å². The minimum atomic E-state index is -0.949. The topological polar surface area (TPSA) is 154 Å². The molecule has 0 saturated carbocycles. The molecule has 0 atom stereocenters. The van der Waals surface area contributed by atoms with Crippen molar-refractivity contribution in [1.29, 1.82) is 0 Å². The van der Waals surface area contributed by atoms with Gasteiger partial charge in [-0.25, -0.2) is 9.98 Å². The number of fused-ring (bicyclic) bond motifs is 1. The third kappa shape index (κ3) is 3.35. The number of ketones is 1. The number of hydrogen-bond donors (Lipinski definition) is 0. The van der Waals surface area contributed by atoms with Gasteiger partial charge >= 0.3 is 11.4 Å². The van der Waals surface area contributed by atoms with Crippen molar-refractivity contribution in [1.82, 2.24) is 0 Å². The molecule has 0 aromatic heterocycles. The molecule has 1 aliphatic rings. The number of rotatable bonds is 5. The maximum absolute atomic E-state index is 12.5. The first-order valence-corrected chi connectivity index (χ1v) is 7.65. The highest BCUT2D eigenvalue weighted by Gasteiger charge is 2.27. The van der Waals surface area contributed by atoms with E-state index in [-0.39, 0.29) is 27.7 Å². The molecule has 28 heavy (non-hydrogen) atoms. The van der Waals surface area contributed by atoms with Crippen LogP contribution in [0.1, 0.15) is 10.4 Å². The molecule has 11 heteroatoms. The van der Waals surface area contributed by atoms with Gasteiger partial charge in [-0.1, -0.05) is 12.1 Å². The minimum Gasteiger partial charge on any atom is -0.496 e. The number of amides is 1. The number of benzene rings is 2. The van der Waals surface area contributed by atoms with E-state index in [0.29, 0.717) is 0 Å². The lowest BCUT2D eigenvalue weighted by molar-refractivity contribution is -0.422. The summed E-state index contributed by atoms with van der Waals surface area (Å²) in [4.78, 5) is 52.4. The molecule has 0 spiro atoms. The summed E-state index contributed by atoms with van der Waals surface area (Å²) < 4.78 is 5.09. The Morgan fingerprint density at radius 1 is 1.04 bits per heavy atom. The van der Waals surface area contributed by atoms with Crippen molar-refractivity contribution >= 4 is 23.1 Å². The zero-order valence-corrected chi connectivity index (χ0v) is 14.2. The van der Waals surface area contributed by atoms with Crippen molar-refractivity contribution in [3.8, 4) is 5.75 Å². The fourth-order valence-electron chi connectivity index (χ4n) is 2.51. The summed E-state index contributed by atoms with van der Waals surface area (Å²) in [6.07, 6.45) is 0.930. The van der Waals surface area contributed by atoms with Gasteiger partial charge < -0.3 is 4.74 Å². The summed E-state index contributed by atoms with van der Waals surface area (Å²) in [6.45, 7) is 0. The molecule has 2 aromatic rings. The number of carbonyl (C=O) groups is 2. The second-order valence-electron chi connectivity index (χ2n) is 5.47. The van der Waals surface area contributed by atoms with E-state index in [1.54, 1.807) is 18.2 Å². The lowest BCUT2D eigenvalue weighted by atomic mass is 10.1. The van der Waals surface area contributed by atoms with Crippen LogP contribution in [-0.4, -0.2) is 28.6 Å². The van der Waals surface area contributed by atoms with Gasteiger partial charge in [-0.3, -0.25) is 29.8 Å². The quantitative estimate of drug-likeness (QED) is 0.324. The predicted molar refractivity (Wildman–Crippen MR) is 92.5 cm³/mol. The Balaban J connectivity index is 2.14. The first-order chi connectivity index (χ1) is 13.3. The lowest BCUT2D eigenvalue weighted by Gasteiger charge is -2.06. The molecule has 3 rings (SSSR count). The molecule has 0 fully saturated rings. The van der Waals surface area contributed by atoms with Crippen LogP contribution in [0.2, 0.25) is 0 Å². The van der Waals surface area contributed by atoms with Crippen LogP contribution in [0.5, 0.6) is 5.75 Å². The number of allylic oxidation sites excluding steroid dienone is 1. The Morgan fingerprint density at radius 3 is 2.18 bits per heavy atom. The highest BCUT2D eigenvalue weighted by atomic mass is 16.6. The van der Waals surface area contributed by atoms with E-state index in [0.717, 1.165) is 18.2 Å². The standard InChI is InChI=1S/C17H10N4O7/c1-28-16-5-3-2-4-9(16)15(22)8-12-17(23)19-11-7-14(21(26)27)13(20(24)25)6-10(11)18-12/h2-8H,1H3/b12-8-. The van der Waals surface area contributed by atoms with Crippen molar-refractivity contribution < 1.29 is 24.2 Å². The predicted octanol–water partition coefficient (Wildman–Crippen LogP) is 1.06. The molecule has 11 nitrogen and oxygen atoms in total. The summed E-state index contributed by atoms with van der Waals surface area (Å²) in [5, 5.41) is 21.7. The minimum absolute atomic E-state index is 0.129. The number of nitro groups is 2. The second-order valence-corrected chi connectivity index (χ2v) is 5.47. The molecule has 1 amide bonds. The maximum Gasteiger partial charge on any atom is 0.348 e. The van der Waals surface area contributed by atoms with Crippen molar-refractivity contribution in [2.45, 2.75) is 0 Å². The number of nitrogens with zero attached hydrogens (tertiary/aromatic N) is 4. The Hall–Kier alpha value is -4.28. The number of ether oxygens (including phenoxy) is 1. The second kappa shape index (κ2) is 7.15. The number of methoxy groups -OCH3 is 1. The van der Waals surface area contributed by atoms with Crippen LogP contribution in [0, 0.1) is 20.2 Å². The highest BCUT2D eigenvalue weighted by molar-refractivity contribution is 6.11. The Bertz CT molecular complexity index is 1200. The van der Waals surface area contributed by atoms with Crippen LogP contribution < -0.4 is 15.5 Å². The first kappa shape index (κ1) is 18.5. The van der Waals surface area contributed by atoms with E-state index in [1.165, 1.54) is 13.2 Å².